The molecule has 0 amide bonds. The van der Waals surface area contributed by atoms with Crippen molar-refractivity contribution in [2.24, 2.45) is 11.7 Å². The molecule has 0 aliphatic heterocycles. The Kier molecular flexibility index (Phi) is 4.23. The van der Waals surface area contributed by atoms with Crippen LogP contribution in [0, 0.1) is 5.92 Å². The van der Waals surface area contributed by atoms with Crippen molar-refractivity contribution in [3.05, 3.63) is 23.9 Å². The lowest BCUT2D eigenvalue weighted by Gasteiger charge is -2.34. The van der Waals surface area contributed by atoms with E-state index in [2.05, 4.69) is 36.0 Å². The van der Waals surface area contributed by atoms with E-state index in [9.17, 15) is 0 Å². The van der Waals surface area contributed by atoms with Crippen molar-refractivity contribution in [2.75, 3.05) is 11.9 Å². The molecule has 0 spiro atoms. The summed E-state index contributed by atoms with van der Waals surface area (Å²) < 4.78 is 0. The molecule has 100 valence electrons. The second-order valence-corrected chi connectivity index (χ2v) is 5.76. The number of aromatic nitrogens is 1. The maximum atomic E-state index is 5.84. The molecule has 1 fully saturated rings. The molecule has 2 rings (SSSR count). The van der Waals surface area contributed by atoms with E-state index < -0.39 is 0 Å². The first-order valence-corrected chi connectivity index (χ1v) is 7.02. The van der Waals surface area contributed by atoms with Gasteiger partial charge in [0, 0.05) is 25.3 Å². The predicted octanol–water partition coefficient (Wildman–Crippen LogP) is 3.12. The van der Waals surface area contributed by atoms with Crippen LogP contribution >= 0.6 is 0 Å². The van der Waals surface area contributed by atoms with Crippen LogP contribution in [0.5, 0.6) is 0 Å². The zero-order chi connectivity index (χ0) is 13.1. The van der Waals surface area contributed by atoms with Crippen LogP contribution in [0.15, 0.2) is 18.3 Å². The van der Waals surface area contributed by atoms with Gasteiger partial charge in [0.15, 0.2) is 0 Å². The fourth-order valence-electron chi connectivity index (χ4n) is 2.69. The van der Waals surface area contributed by atoms with E-state index in [-0.39, 0.29) is 6.04 Å². The van der Waals surface area contributed by atoms with Gasteiger partial charge in [-0.25, -0.2) is 4.98 Å². The third kappa shape index (κ3) is 3.02. The molecule has 1 heterocycles. The Morgan fingerprint density at radius 1 is 1.28 bits per heavy atom. The van der Waals surface area contributed by atoms with E-state index in [0.29, 0.717) is 6.04 Å². The minimum atomic E-state index is 0.0624. The average molecular weight is 247 g/mol. The highest BCUT2D eigenvalue weighted by molar-refractivity contribution is 5.40. The van der Waals surface area contributed by atoms with Crippen molar-refractivity contribution >= 4 is 5.82 Å². The van der Waals surface area contributed by atoms with Crippen LogP contribution in [0.4, 0.5) is 5.82 Å². The molecule has 2 N–H and O–H groups in total. The number of hydrogen-bond acceptors (Lipinski definition) is 3. The van der Waals surface area contributed by atoms with Crippen molar-refractivity contribution in [1.82, 2.24) is 4.98 Å². The highest BCUT2D eigenvalue weighted by Crippen LogP contribution is 2.28. The van der Waals surface area contributed by atoms with Gasteiger partial charge in [0.2, 0.25) is 0 Å². The Labute approximate surface area is 110 Å². The summed E-state index contributed by atoms with van der Waals surface area (Å²) >= 11 is 0. The Morgan fingerprint density at radius 3 is 2.44 bits per heavy atom. The van der Waals surface area contributed by atoms with Crippen LogP contribution in [0.25, 0.3) is 0 Å². The van der Waals surface area contributed by atoms with Crippen molar-refractivity contribution < 1.29 is 0 Å². The van der Waals surface area contributed by atoms with Gasteiger partial charge in [-0.15, -0.1) is 0 Å². The number of nitrogens with zero attached hydrogens (tertiary/aromatic N) is 2. The molecule has 1 aliphatic rings. The van der Waals surface area contributed by atoms with Gasteiger partial charge in [-0.1, -0.05) is 13.0 Å². The molecule has 1 aromatic rings. The van der Waals surface area contributed by atoms with Crippen molar-refractivity contribution in [1.29, 1.82) is 0 Å². The zero-order valence-corrected chi connectivity index (χ0v) is 11.8. The van der Waals surface area contributed by atoms with E-state index >= 15 is 0 Å². The standard InChI is InChI=1S/C15H25N3/c1-11-4-7-14(8-5-11)18(3)15-9-6-13(10-17-15)12(2)16/h6,9-12,14H,4-5,7-8,16H2,1-3H3/t11?,12-,14?/m0/s1. The summed E-state index contributed by atoms with van der Waals surface area (Å²) in [6.07, 6.45) is 7.16. The quantitative estimate of drug-likeness (QED) is 0.892. The summed E-state index contributed by atoms with van der Waals surface area (Å²) in [6, 6.07) is 4.90. The van der Waals surface area contributed by atoms with Gasteiger partial charge < -0.3 is 10.6 Å². The minimum Gasteiger partial charge on any atom is -0.357 e. The molecule has 0 unspecified atom stereocenters. The number of pyridine rings is 1. The fraction of sp³-hybridized carbons (Fsp3) is 0.667. The average Bonchev–Trinajstić information content (AvgIpc) is 2.39. The fourth-order valence-corrected chi connectivity index (χ4v) is 2.69. The van der Waals surface area contributed by atoms with E-state index in [1.165, 1.54) is 25.7 Å². The molecule has 3 nitrogen and oxygen atoms in total. The molecule has 18 heavy (non-hydrogen) atoms. The summed E-state index contributed by atoms with van der Waals surface area (Å²) in [4.78, 5) is 6.87. The normalized spacial score (nSPS) is 25.8. The molecule has 1 saturated carbocycles. The maximum absolute atomic E-state index is 5.84. The maximum Gasteiger partial charge on any atom is 0.128 e. The summed E-state index contributed by atoms with van der Waals surface area (Å²) in [7, 11) is 2.16. The van der Waals surface area contributed by atoms with E-state index in [1.54, 1.807) is 0 Å². The van der Waals surface area contributed by atoms with Crippen molar-refractivity contribution in [3.63, 3.8) is 0 Å². The lowest BCUT2D eigenvalue weighted by atomic mass is 9.87. The second-order valence-electron chi connectivity index (χ2n) is 5.76. The first-order chi connectivity index (χ1) is 8.58. The molecular formula is C15H25N3. The van der Waals surface area contributed by atoms with Gasteiger partial charge in [0.05, 0.1) is 0 Å². The van der Waals surface area contributed by atoms with Crippen LogP contribution in [0.2, 0.25) is 0 Å². The summed E-state index contributed by atoms with van der Waals surface area (Å²) in [5.74, 6) is 1.96. The van der Waals surface area contributed by atoms with Gasteiger partial charge in [-0.3, -0.25) is 0 Å². The molecular weight excluding hydrogens is 222 g/mol. The Morgan fingerprint density at radius 2 is 1.94 bits per heavy atom. The molecule has 0 saturated heterocycles. The smallest absolute Gasteiger partial charge is 0.128 e. The van der Waals surface area contributed by atoms with Crippen LogP contribution in [0.3, 0.4) is 0 Å². The minimum absolute atomic E-state index is 0.0624. The Bertz CT molecular complexity index is 364. The summed E-state index contributed by atoms with van der Waals surface area (Å²) in [6.45, 7) is 4.34. The highest BCUT2D eigenvalue weighted by Gasteiger charge is 2.22. The lowest BCUT2D eigenvalue weighted by molar-refractivity contribution is 0.340. The molecule has 0 aromatic carbocycles. The molecule has 3 heteroatoms. The van der Waals surface area contributed by atoms with Crippen LogP contribution in [-0.2, 0) is 0 Å². The second kappa shape index (κ2) is 5.70. The van der Waals surface area contributed by atoms with Crippen molar-refractivity contribution in [2.45, 2.75) is 51.6 Å². The monoisotopic (exact) mass is 247 g/mol. The first kappa shape index (κ1) is 13.3. The van der Waals surface area contributed by atoms with Gasteiger partial charge in [-0.2, -0.15) is 0 Å². The Balaban J connectivity index is 2.02. The van der Waals surface area contributed by atoms with E-state index in [0.717, 1.165) is 17.3 Å². The van der Waals surface area contributed by atoms with Gasteiger partial charge in [-0.05, 0) is 50.2 Å². The molecule has 1 atom stereocenters. The van der Waals surface area contributed by atoms with Gasteiger partial charge in [0.1, 0.15) is 5.82 Å². The number of nitrogens with two attached hydrogens (primary N) is 1. The third-order valence-corrected chi connectivity index (χ3v) is 4.19. The van der Waals surface area contributed by atoms with E-state index in [4.69, 9.17) is 5.73 Å². The lowest BCUT2D eigenvalue weighted by Crippen LogP contribution is -2.35. The molecule has 0 radical (unpaired) electrons. The van der Waals surface area contributed by atoms with E-state index in [1.807, 2.05) is 13.1 Å². The largest absolute Gasteiger partial charge is 0.357 e. The number of hydrogen-bond donors (Lipinski definition) is 1. The molecule has 1 aromatic heterocycles. The summed E-state index contributed by atoms with van der Waals surface area (Å²) in [5, 5.41) is 0. The van der Waals surface area contributed by atoms with Gasteiger partial charge >= 0.3 is 0 Å². The SMILES string of the molecule is CC1CCC(N(C)c2ccc([C@H](C)N)cn2)CC1. The van der Waals surface area contributed by atoms with Crippen LogP contribution in [-0.4, -0.2) is 18.1 Å². The van der Waals surface area contributed by atoms with Gasteiger partial charge in [0.25, 0.3) is 0 Å². The molecule has 0 bridgehead atoms. The topological polar surface area (TPSA) is 42.1 Å². The highest BCUT2D eigenvalue weighted by atomic mass is 15.2. The molecule has 1 aliphatic carbocycles. The first-order valence-electron chi connectivity index (χ1n) is 7.02. The number of anilines is 1. The summed E-state index contributed by atoms with van der Waals surface area (Å²) in [5.41, 5.74) is 6.95. The third-order valence-electron chi connectivity index (χ3n) is 4.19. The Hall–Kier alpha value is -1.09. The van der Waals surface area contributed by atoms with Crippen molar-refractivity contribution in [3.8, 4) is 0 Å². The van der Waals surface area contributed by atoms with Crippen LogP contribution in [0.1, 0.15) is 51.1 Å². The zero-order valence-electron chi connectivity index (χ0n) is 11.8. The predicted molar refractivity (Wildman–Crippen MR) is 76.7 cm³/mol. The number of rotatable bonds is 3. The van der Waals surface area contributed by atoms with Crippen LogP contribution < -0.4 is 10.6 Å².